The van der Waals surface area contributed by atoms with Crippen molar-refractivity contribution in [2.24, 2.45) is 0 Å². The Bertz CT molecular complexity index is 1390. The molecule has 0 saturated carbocycles. The Morgan fingerprint density at radius 2 is 1.82 bits per heavy atom. The molecule has 0 fully saturated rings. The molecule has 0 radical (unpaired) electrons. The van der Waals surface area contributed by atoms with E-state index in [9.17, 15) is 13.2 Å². The second-order valence-corrected chi connectivity index (χ2v) is 10.1. The second kappa shape index (κ2) is 10.2. The molecule has 1 aromatic heterocycles. The number of methoxy groups -OCH3 is 1. The number of thioether (sulfide) groups is 1. The minimum atomic E-state index is -3.82. The maximum absolute atomic E-state index is 12.8. The number of carbonyl (C=O) groups is 1. The van der Waals surface area contributed by atoms with Gasteiger partial charge in [-0.05, 0) is 48.0 Å². The van der Waals surface area contributed by atoms with Crippen molar-refractivity contribution in [2.75, 3.05) is 24.6 Å². The number of hydrogen-bond acceptors (Lipinski definition) is 7. The molecule has 34 heavy (non-hydrogen) atoms. The molecule has 0 atom stereocenters. The van der Waals surface area contributed by atoms with Crippen LogP contribution in [0.3, 0.4) is 0 Å². The number of sulfonamides is 1. The van der Waals surface area contributed by atoms with Crippen LogP contribution in [0.25, 0.3) is 11.1 Å². The number of amides is 1. The number of fused-ring (bicyclic) bond motifs is 1. The molecule has 10 heteroatoms. The van der Waals surface area contributed by atoms with Gasteiger partial charge in [0.25, 0.3) is 15.2 Å². The van der Waals surface area contributed by atoms with Crippen LogP contribution in [0.15, 0.2) is 87.3 Å². The van der Waals surface area contributed by atoms with Gasteiger partial charge in [0.15, 0.2) is 5.58 Å². The number of anilines is 1. The molecule has 4 aromatic rings. The van der Waals surface area contributed by atoms with Crippen LogP contribution in [0.1, 0.15) is 5.56 Å². The largest absolute Gasteiger partial charge is 0.497 e. The first-order valence-corrected chi connectivity index (χ1v) is 12.8. The summed E-state index contributed by atoms with van der Waals surface area (Å²) in [7, 11) is -0.538. The van der Waals surface area contributed by atoms with Gasteiger partial charge < -0.3 is 14.1 Å². The number of ether oxygens (including phenoxy) is 1. The minimum absolute atomic E-state index is 0.0549. The lowest BCUT2D eigenvalue weighted by atomic mass is 10.2. The van der Waals surface area contributed by atoms with E-state index in [1.54, 1.807) is 42.3 Å². The fraction of sp³-hybridized carbons (Fsp3) is 0.167. The highest BCUT2D eigenvalue weighted by molar-refractivity contribution is 7.99. The van der Waals surface area contributed by atoms with Gasteiger partial charge >= 0.3 is 0 Å². The molecule has 0 aliphatic carbocycles. The molecule has 0 aliphatic rings. The Morgan fingerprint density at radius 1 is 1.09 bits per heavy atom. The second-order valence-electron chi connectivity index (χ2n) is 7.47. The molecule has 0 unspecified atom stereocenters. The molecular formula is C24H23N3O5S2. The lowest BCUT2D eigenvalue weighted by Gasteiger charge is -2.16. The normalized spacial score (nSPS) is 11.4. The molecule has 8 nitrogen and oxygen atoms in total. The van der Waals surface area contributed by atoms with Crippen LogP contribution in [0, 0.1) is 0 Å². The molecule has 0 spiro atoms. The lowest BCUT2D eigenvalue weighted by molar-refractivity contribution is -0.127. The number of nitrogens with zero attached hydrogens (tertiary/aromatic N) is 2. The molecule has 0 bridgehead atoms. The fourth-order valence-corrected chi connectivity index (χ4v) is 5.02. The van der Waals surface area contributed by atoms with Crippen molar-refractivity contribution in [3.63, 3.8) is 0 Å². The number of rotatable bonds is 9. The van der Waals surface area contributed by atoms with Gasteiger partial charge in [-0.2, -0.15) is 0 Å². The Balaban J connectivity index is 1.41. The Labute approximate surface area is 202 Å². The van der Waals surface area contributed by atoms with E-state index >= 15 is 0 Å². The summed E-state index contributed by atoms with van der Waals surface area (Å²) in [5.41, 5.74) is 2.29. The van der Waals surface area contributed by atoms with Crippen LogP contribution >= 0.6 is 11.8 Å². The summed E-state index contributed by atoms with van der Waals surface area (Å²) in [5, 5.41) is 0.300. The summed E-state index contributed by atoms with van der Waals surface area (Å²) in [5.74, 6) is 0.713. The smallest absolute Gasteiger partial charge is 0.261 e. The monoisotopic (exact) mass is 497 g/mol. The van der Waals surface area contributed by atoms with Gasteiger partial charge in [0.1, 0.15) is 11.3 Å². The van der Waals surface area contributed by atoms with Crippen LogP contribution in [-0.4, -0.2) is 44.1 Å². The van der Waals surface area contributed by atoms with Crippen LogP contribution in [-0.2, 0) is 21.4 Å². The van der Waals surface area contributed by atoms with Crippen molar-refractivity contribution < 1.29 is 22.4 Å². The summed E-state index contributed by atoms with van der Waals surface area (Å²) in [6.07, 6.45) is 0. The van der Waals surface area contributed by atoms with E-state index in [2.05, 4.69) is 9.71 Å². The first kappa shape index (κ1) is 23.7. The third kappa shape index (κ3) is 5.70. The number of oxazole rings is 1. The molecule has 1 N–H and O–H groups in total. The maximum atomic E-state index is 12.8. The van der Waals surface area contributed by atoms with E-state index in [-0.39, 0.29) is 16.6 Å². The fourth-order valence-electron chi connectivity index (χ4n) is 3.17. The van der Waals surface area contributed by atoms with E-state index in [0.717, 1.165) is 5.56 Å². The average Bonchev–Trinajstić information content (AvgIpc) is 3.25. The molecule has 4 rings (SSSR count). The highest BCUT2D eigenvalue weighted by atomic mass is 32.2. The van der Waals surface area contributed by atoms with E-state index in [0.29, 0.717) is 34.3 Å². The predicted molar refractivity (Wildman–Crippen MR) is 131 cm³/mol. The summed E-state index contributed by atoms with van der Waals surface area (Å²) < 4.78 is 38.9. The first-order chi connectivity index (χ1) is 16.3. The number of benzene rings is 3. The van der Waals surface area contributed by atoms with Crippen molar-refractivity contribution in [1.29, 1.82) is 0 Å². The maximum Gasteiger partial charge on any atom is 0.261 e. The highest BCUT2D eigenvalue weighted by Crippen LogP contribution is 2.27. The van der Waals surface area contributed by atoms with Crippen LogP contribution in [0.2, 0.25) is 0 Å². The zero-order valence-corrected chi connectivity index (χ0v) is 20.2. The zero-order valence-electron chi connectivity index (χ0n) is 18.6. The van der Waals surface area contributed by atoms with Gasteiger partial charge in [-0.25, -0.2) is 13.4 Å². The van der Waals surface area contributed by atoms with Crippen molar-refractivity contribution in [3.8, 4) is 5.75 Å². The van der Waals surface area contributed by atoms with E-state index < -0.39 is 10.0 Å². The Hall–Kier alpha value is -3.50. The summed E-state index contributed by atoms with van der Waals surface area (Å²) in [6, 6.07) is 20.7. The summed E-state index contributed by atoms with van der Waals surface area (Å²) >= 11 is 1.17. The molecule has 3 aromatic carbocycles. The quantitative estimate of drug-likeness (QED) is 0.342. The highest BCUT2D eigenvalue weighted by Gasteiger charge is 2.18. The first-order valence-electron chi connectivity index (χ1n) is 10.3. The number of carbonyl (C=O) groups excluding carboxylic acids is 1. The number of aromatic nitrogens is 1. The van der Waals surface area contributed by atoms with Crippen LogP contribution in [0.5, 0.6) is 5.75 Å². The van der Waals surface area contributed by atoms with Gasteiger partial charge in [0.05, 0.1) is 17.8 Å². The SMILES string of the molecule is COc1ccc(NS(=O)(=O)c2ccc3oc(SCC(=O)N(C)Cc4ccccc4)nc3c2)cc1. The average molecular weight is 498 g/mol. The molecule has 1 amide bonds. The van der Waals surface area contributed by atoms with Gasteiger partial charge in [-0.3, -0.25) is 9.52 Å². The van der Waals surface area contributed by atoms with Crippen molar-refractivity contribution in [2.45, 2.75) is 16.7 Å². The minimum Gasteiger partial charge on any atom is -0.497 e. The van der Waals surface area contributed by atoms with E-state index in [4.69, 9.17) is 9.15 Å². The summed E-state index contributed by atoms with van der Waals surface area (Å²) in [6.45, 7) is 0.510. The van der Waals surface area contributed by atoms with Gasteiger partial charge in [-0.15, -0.1) is 0 Å². The van der Waals surface area contributed by atoms with Gasteiger partial charge in [-0.1, -0.05) is 42.1 Å². The number of hydrogen-bond donors (Lipinski definition) is 1. The third-order valence-electron chi connectivity index (χ3n) is 5.00. The molecule has 176 valence electrons. The molecule has 1 heterocycles. The topological polar surface area (TPSA) is 102 Å². The number of nitrogens with one attached hydrogen (secondary N) is 1. The van der Waals surface area contributed by atoms with E-state index in [1.165, 1.54) is 31.0 Å². The predicted octanol–water partition coefficient (Wildman–Crippen LogP) is 4.39. The summed E-state index contributed by atoms with van der Waals surface area (Å²) in [4.78, 5) is 18.5. The molecular weight excluding hydrogens is 474 g/mol. The van der Waals surface area contributed by atoms with Crippen LogP contribution in [0.4, 0.5) is 5.69 Å². The van der Waals surface area contributed by atoms with Crippen molar-refractivity contribution in [1.82, 2.24) is 9.88 Å². The molecule has 0 aliphatic heterocycles. The molecule has 0 saturated heterocycles. The van der Waals surface area contributed by atoms with Crippen molar-refractivity contribution >= 4 is 44.5 Å². The van der Waals surface area contributed by atoms with E-state index in [1.807, 2.05) is 30.3 Å². The Morgan fingerprint density at radius 3 is 2.53 bits per heavy atom. The van der Waals surface area contributed by atoms with Gasteiger partial charge in [0.2, 0.25) is 5.91 Å². The Kier molecular flexibility index (Phi) is 7.09. The van der Waals surface area contributed by atoms with Crippen molar-refractivity contribution in [3.05, 3.63) is 78.4 Å². The van der Waals surface area contributed by atoms with Crippen LogP contribution < -0.4 is 9.46 Å². The lowest BCUT2D eigenvalue weighted by Crippen LogP contribution is -2.27. The van der Waals surface area contributed by atoms with Gasteiger partial charge in [0, 0.05) is 19.3 Å². The standard InChI is InChI=1S/C24H23N3O5S2/c1-27(15-17-6-4-3-5-7-17)23(28)16-33-24-25-21-14-20(12-13-22(21)32-24)34(29,30)26-18-8-10-19(31-2)11-9-18/h3-14,26H,15-16H2,1-2H3. The zero-order chi connectivity index (χ0) is 24.1. The third-order valence-corrected chi connectivity index (χ3v) is 7.19.